The van der Waals surface area contributed by atoms with E-state index >= 15 is 0 Å². The van der Waals surface area contributed by atoms with Crippen LogP contribution in [0.15, 0.2) is 30.3 Å². The zero-order valence-electron chi connectivity index (χ0n) is 11.3. The van der Waals surface area contributed by atoms with Gasteiger partial charge in [-0.3, -0.25) is 4.79 Å². The molecular formula is C13H16Cl3N3OS. The van der Waals surface area contributed by atoms with Gasteiger partial charge in [0.15, 0.2) is 5.11 Å². The maximum atomic E-state index is 11.6. The molecule has 0 heterocycles. The Balaban J connectivity index is 2.64. The molecule has 0 unspecified atom stereocenters. The van der Waals surface area contributed by atoms with Gasteiger partial charge < -0.3 is 16.0 Å². The van der Waals surface area contributed by atoms with E-state index in [1.807, 2.05) is 37.3 Å². The van der Waals surface area contributed by atoms with Crippen molar-refractivity contribution in [1.82, 2.24) is 10.6 Å². The van der Waals surface area contributed by atoms with Crippen molar-refractivity contribution >= 4 is 63.7 Å². The van der Waals surface area contributed by atoms with Crippen molar-refractivity contribution in [3.8, 4) is 0 Å². The summed E-state index contributed by atoms with van der Waals surface area (Å²) in [5.41, 5.74) is 0.790. The predicted octanol–water partition coefficient (Wildman–Crippen LogP) is 3.59. The minimum Gasteiger partial charge on any atom is -0.339 e. The van der Waals surface area contributed by atoms with Gasteiger partial charge in [0, 0.05) is 12.1 Å². The summed E-state index contributed by atoms with van der Waals surface area (Å²) < 4.78 is -1.73. The van der Waals surface area contributed by atoms with Gasteiger partial charge in [-0.1, -0.05) is 59.9 Å². The number of rotatable bonds is 5. The Morgan fingerprint density at radius 2 is 1.86 bits per heavy atom. The Kier molecular flexibility index (Phi) is 7.52. The van der Waals surface area contributed by atoms with E-state index in [1.165, 1.54) is 0 Å². The zero-order chi connectivity index (χ0) is 15.9. The van der Waals surface area contributed by atoms with E-state index in [0.29, 0.717) is 12.8 Å². The third-order valence-electron chi connectivity index (χ3n) is 2.42. The summed E-state index contributed by atoms with van der Waals surface area (Å²) in [6, 6.07) is 9.29. The summed E-state index contributed by atoms with van der Waals surface area (Å²) in [6.07, 6.45) is 0.119. The quantitative estimate of drug-likeness (QED) is 0.422. The Bertz CT molecular complexity index is 479. The Labute approximate surface area is 144 Å². The molecule has 0 aliphatic rings. The van der Waals surface area contributed by atoms with Gasteiger partial charge in [-0.15, -0.1) is 0 Å². The molecule has 3 N–H and O–H groups in total. The van der Waals surface area contributed by atoms with Crippen molar-refractivity contribution in [3.05, 3.63) is 30.3 Å². The maximum absolute atomic E-state index is 11.6. The molecule has 21 heavy (non-hydrogen) atoms. The van der Waals surface area contributed by atoms with Crippen LogP contribution in [0.4, 0.5) is 5.69 Å². The van der Waals surface area contributed by atoms with E-state index < -0.39 is 9.96 Å². The van der Waals surface area contributed by atoms with Crippen molar-refractivity contribution < 1.29 is 4.79 Å². The van der Waals surface area contributed by atoms with Crippen molar-refractivity contribution in [2.24, 2.45) is 0 Å². The monoisotopic (exact) mass is 367 g/mol. The number of carbonyl (C=O) groups excluding carboxylic acids is 1. The molecule has 0 bridgehead atoms. The molecule has 1 aromatic carbocycles. The Morgan fingerprint density at radius 1 is 1.24 bits per heavy atom. The van der Waals surface area contributed by atoms with Crippen LogP contribution in [0.3, 0.4) is 0 Å². The summed E-state index contributed by atoms with van der Waals surface area (Å²) in [6.45, 7) is 1.89. The van der Waals surface area contributed by atoms with Crippen LogP contribution in [0.5, 0.6) is 0 Å². The van der Waals surface area contributed by atoms with E-state index in [2.05, 4.69) is 16.0 Å². The van der Waals surface area contributed by atoms with Crippen LogP contribution in [0.25, 0.3) is 0 Å². The molecular weight excluding hydrogens is 353 g/mol. The van der Waals surface area contributed by atoms with Crippen molar-refractivity contribution in [1.29, 1.82) is 0 Å². The van der Waals surface area contributed by atoms with Gasteiger partial charge in [-0.2, -0.15) is 0 Å². The minimum atomic E-state index is -1.73. The Morgan fingerprint density at radius 3 is 2.38 bits per heavy atom. The predicted molar refractivity (Wildman–Crippen MR) is 92.9 cm³/mol. The fourth-order valence-corrected chi connectivity index (χ4v) is 2.04. The van der Waals surface area contributed by atoms with E-state index in [1.54, 1.807) is 0 Å². The average Bonchev–Trinajstić information content (AvgIpc) is 2.38. The first-order valence-electron chi connectivity index (χ1n) is 6.31. The van der Waals surface area contributed by atoms with Gasteiger partial charge in [-0.05, 0) is 30.8 Å². The summed E-state index contributed by atoms with van der Waals surface area (Å²) in [4.78, 5) is 11.6. The highest BCUT2D eigenvalue weighted by Crippen LogP contribution is 2.29. The number of anilines is 1. The number of benzene rings is 1. The maximum Gasteiger partial charge on any atom is 0.228 e. The molecule has 1 aromatic rings. The molecule has 116 valence electrons. The normalized spacial score (nSPS) is 12.4. The van der Waals surface area contributed by atoms with Gasteiger partial charge in [-0.25, -0.2) is 0 Å². The fourth-order valence-electron chi connectivity index (χ4n) is 1.48. The summed E-state index contributed by atoms with van der Waals surface area (Å²) >= 11 is 22.7. The van der Waals surface area contributed by atoms with Crippen molar-refractivity contribution in [2.75, 3.05) is 5.32 Å². The van der Waals surface area contributed by atoms with Crippen LogP contribution in [0.2, 0.25) is 0 Å². The molecule has 1 atom stereocenters. The number of alkyl halides is 3. The molecule has 1 amide bonds. The van der Waals surface area contributed by atoms with Crippen LogP contribution in [0, 0.1) is 0 Å². The van der Waals surface area contributed by atoms with Crippen LogP contribution in [-0.4, -0.2) is 21.0 Å². The summed E-state index contributed by atoms with van der Waals surface area (Å²) in [5, 5.41) is 8.58. The number of para-hydroxylation sites is 1. The number of thiocarbonyl (C=S) groups is 1. The molecule has 0 aromatic heterocycles. The summed E-state index contributed by atoms with van der Waals surface area (Å²) in [7, 11) is 0. The number of halogens is 3. The minimum absolute atomic E-state index is 0.219. The van der Waals surface area contributed by atoms with Crippen LogP contribution in [0.1, 0.15) is 19.8 Å². The lowest BCUT2D eigenvalue weighted by molar-refractivity contribution is -0.121. The van der Waals surface area contributed by atoms with Crippen LogP contribution < -0.4 is 16.0 Å². The van der Waals surface area contributed by atoms with Crippen LogP contribution >= 0.6 is 47.0 Å². The molecule has 4 nitrogen and oxygen atoms in total. The molecule has 1 rings (SSSR count). The standard InChI is InChI=1S/C13H16Cl3N3OS/c1-2-6-10(20)18-11(13(14,15)16)19-12(21)17-9-7-4-3-5-8-9/h3-5,7-8,11H,2,6H2,1H3,(H,18,20)(H2,17,19,21)/t11-/m0/s1. The highest BCUT2D eigenvalue weighted by molar-refractivity contribution is 7.80. The van der Waals surface area contributed by atoms with Gasteiger partial charge in [0.25, 0.3) is 0 Å². The first-order chi connectivity index (χ1) is 9.82. The average molecular weight is 369 g/mol. The lowest BCUT2D eigenvalue weighted by Gasteiger charge is -2.27. The molecule has 0 spiro atoms. The van der Waals surface area contributed by atoms with E-state index in [-0.39, 0.29) is 11.0 Å². The number of nitrogens with one attached hydrogen (secondary N) is 3. The number of amides is 1. The molecule has 0 saturated carbocycles. The van der Waals surface area contributed by atoms with Gasteiger partial charge in [0.2, 0.25) is 9.70 Å². The van der Waals surface area contributed by atoms with E-state index in [4.69, 9.17) is 47.0 Å². The number of carbonyl (C=O) groups is 1. The van der Waals surface area contributed by atoms with Gasteiger partial charge in [0.05, 0.1) is 0 Å². The molecule has 0 radical (unpaired) electrons. The van der Waals surface area contributed by atoms with Crippen LogP contribution in [-0.2, 0) is 4.79 Å². The van der Waals surface area contributed by atoms with E-state index in [0.717, 1.165) is 5.69 Å². The largest absolute Gasteiger partial charge is 0.339 e. The van der Waals surface area contributed by atoms with Gasteiger partial charge >= 0.3 is 0 Å². The fraction of sp³-hybridized carbons (Fsp3) is 0.385. The lowest BCUT2D eigenvalue weighted by Crippen LogP contribution is -2.56. The van der Waals surface area contributed by atoms with E-state index in [9.17, 15) is 4.79 Å². The molecule has 0 fully saturated rings. The SMILES string of the molecule is CCCC(=O)N[C@@H](NC(=S)Nc1ccccc1)C(Cl)(Cl)Cl. The van der Waals surface area contributed by atoms with Crippen molar-refractivity contribution in [3.63, 3.8) is 0 Å². The lowest BCUT2D eigenvalue weighted by atomic mass is 10.3. The molecule has 0 saturated heterocycles. The smallest absolute Gasteiger partial charge is 0.228 e. The number of hydrogen-bond donors (Lipinski definition) is 3. The van der Waals surface area contributed by atoms with Crippen molar-refractivity contribution in [2.45, 2.75) is 29.7 Å². The second kappa shape index (κ2) is 8.63. The first-order valence-corrected chi connectivity index (χ1v) is 7.85. The number of hydrogen-bond acceptors (Lipinski definition) is 2. The third-order valence-corrected chi connectivity index (χ3v) is 3.29. The summed E-state index contributed by atoms with van der Waals surface area (Å²) in [5.74, 6) is -0.219. The first kappa shape index (κ1) is 18.3. The molecule has 0 aliphatic carbocycles. The topological polar surface area (TPSA) is 53.2 Å². The highest BCUT2D eigenvalue weighted by atomic mass is 35.6. The second-order valence-electron chi connectivity index (χ2n) is 4.26. The third kappa shape index (κ3) is 7.18. The van der Waals surface area contributed by atoms with Gasteiger partial charge in [0.1, 0.15) is 6.17 Å². The highest BCUT2D eigenvalue weighted by Gasteiger charge is 2.34. The molecule has 8 heteroatoms. The molecule has 0 aliphatic heterocycles. The Hall–Kier alpha value is -0.750. The zero-order valence-corrected chi connectivity index (χ0v) is 14.4. The second-order valence-corrected chi connectivity index (χ2v) is 7.03.